The number of amides is 1. The van der Waals surface area contributed by atoms with Crippen LogP contribution in [0, 0.1) is 0 Å². The van der Waals surface area contributed by atoms with Gasteiger partial charge in [-0.2, -0.15) is 0 Å². The lowest BCUT2D eigenvalue weighted by Crippen LogP contribution is -2.34. The van der Waals surface area contributed by atoms with Crippen LogP contribution in [-0.4, -0.2) is 45.2 Å². The van der Waals surface area contributed by atoms with Gasteiger partial charge in [0.1, 0.15) is 5.82 Å². The van der Waals surface area contributed by atoms with Crippen molar-refractivity contribution in [1.82, 2.24) is 15.0 Å². The second-order valence-corrected chi connectivity index (χ2v) is 6.64. The predicted octanol–water partition coefficient (Wildman–Crippen LogP) is 0.836. The van der Waals surface area contributed by atoms with E-state index < -0.39 is 10.0 Å². The Morgan fingerprint density at radius 3 is 2.62 bits per heavy atom. The molecule has 3 N–H and O–H groups in total. The number of nitrogens with zero attached hydrogens (tertiary/aromatic N) is 1. The van der Waals surface area contributed by atoms with E-state index in [4.69, 9.17) is 11.6 Å². The van der Waals surface area contributed by atoms with Gasteiger partial charge in [0.15, 0.2) is 0 Å². The molecule has 0 unspecified atom stereocenters. The molecule has 118 valence electrons. The Bertz CT molecular complexity index is 592. The molecule has 7 nitrogen and oxygen atoms in total. The van der Waals surface area contributed by atoms with Gasteiger partial charge in [-0.05, 0) is 12.5 Å². The lowest BCUT2D eigenvalue weighted by Gasteiger charge is -2.09. The van der Waals surface area contributed by atoms with Gasteiger partial charge in [0.2, 0.25) is 10.0 Å². The van der Waals surface area contributed by atoms with E-state index >= 15 is 0 Å². The SMILES string of the molecule is CCCNc1ncc(C(=O)NCCNS(C)(=O)=O)cc1Cl. The molecular formula is C12H19ClN4O3S. The number of anilines is 1. The van der Waals surface area contributed by atoms with E-state index in [1.165, 1.54) is 12.3 Å². The molecule has 0 radical (unpaired) electrons. The number of sulfonamides is 1. The van der Waals surface area contributed by atoms with Gasteiger partial charge < -0.3 is 10.6 Å². The zero-order chi connectivity index (χ0) is 15.9. The number of carbonyl (C=O) groups excluding carboxylic acids is 1. The van der Waals surface area contributed by atoms with Gasteiger partial charge >= 0.3 is 0 Å². The number of rotatable bonds is 8. The van der Waals surface area contributed by atoms with Crippen molar-refractivity contribution in [2.45, 2.75) is 13.3 Å². The van der Waals surface area contributed by atoms with Crippen LogP contribution in [0.25, 0.3) is 0 Å². The second-order valence-electron chi connectivity index (χ2n) is 4.40. The van der Waals surface area contributed by atoms with Gasteiger partial charge in [0.25, 0.3) is 5.91 Å². The van der Waals surface area contributed by atoms with Gasteiger partial charge in [-0.25, -0.2) is 18.1 Å². The number of hydrogen-bond acceptors (Lipinski definition) is 5. The fourth-order valence-electron chi connectivity index (χ4n) is 1.45. The molecule has 0 aliphatic carbocycles. The zero-order valence-electron chi connectivity index (χ0n) is 11.9. The van der Waals surface area contributed by atoms with Crippen LogP contribution in [0.4, 0.5) is 5.82 Å². The van der Waals surface area contributed by atoms with Crippen LogP contribution in [-0.2, 0) is 10.0 Å². The number of pyridine rings is 1. The third-order valence-electron chi connectivity index (χ3n) is 2.42. The summed E-state index contributed by atoms with van der Waals surface area (Å²) in [5.74, 6) is 0.176. The minimum Gasteiger partial charge on any atom is -0.369 e. The Hall–Kier alpha value is -1.38. The molecule has 0 aliphatic heterocycles. The fourth-order valence-corrected chi connectivity index (χ4v) is 2.16. The van der Waals surface area contributed by atoms with Gasteiger partial charge in [0, 0.05) is 25.8 Å². The third kappa shape index (κ3) is 6.74. The Morgan fingerprint density at radius 1 is 1.33 bits per heavy atom. The van der Waals surface area contributed by atoms with Crippen LogP contribution >= 0.6 is 11.6 Å². The summed E-state index contributed by atoms with van der Waals surface area (Å²) in [6.45, 7) is 3.07. The van der Waals surface area contributed by atoms with Crippen molar-refractivity contribution in [2.75, 3.05) is 31.2 Å². The smallest absolute Gasteiger partial charge is 0.252 e. The standard InChI is InChI=1S/C12H19ClN4O3S/c1-3-4-14-11-10(13)7-9(8-16-11)12(18)15-5-6-17-21(2,19)20/h7-8,17H,3-6H2,1-2H3,(H,14,16)(H,15,18). The Kier molecular flexibility index (Phi) is 6.86. The molecule has 0 spiro atoms. The topological polar surface area (TPSA) is 100 Å². The molecule has 1 aromatic heterocycles. The first-order chi connectivity index (χ1) is 9.83. The summed E-state index contributed by atoms with van der Waals surface area (Å²) in [4.78, 5) is 15.9. The van der Waals surface area contributed by atoms with Crippen LogP contribution in [0.2, 0.25) is 5.02 Å². The first kappa shape index (κ1) is 17.7. The van der Waals surface area contributed by atoms with Crippen molar-refractivity contribution < 1.29 is 13.2 Å². The first-order valence-electron chi connectivity index (χ1n) is 6.45. The quantitative estimate of drug-likeness (QED) is 0.612. The maximum atomic E-state index is 11.8. The van der Waals surface area contributed by atoms with E-state index in [1.54, 1.807) is 0 Å². The zero-order valence-corrected chi connectivity index (χ0v) is 13.5. The van der Waals surface area contributed by atoms with E-state index in [-0.39, 0.29) is 19.0 Å². The molecule has 9 heteroatoms. The minimum atomic E-state index is -3.25. The first-order valence-corrected chi connectivity index (χ1v) is 8.72. The van der Waals surface area contributed by atoms with Crippen LogP contribution in [0.15, 0.2) is 12.3 Å². The number of carbonyl (C=O) groups is 1. The summed E-state index contributed by atoms with van der Waals surface area (Å²) in [6, 6.07) is 1.52. The van der Waals surface area contributed by atoms with Gasteiger partial charge in [-0.1, -0.05) is 18.5 Å². The third-order valence-corrected chi connectivity index (χ3v) is 3.44. The molecule has 1 amide bonds. The molecular weight excluding hydrogens is 316 g/mol. The molecule has 0 bridgehead atoms. The molecule has 0 aromatic carbocycles. The summed E-state index contributed by atoms with van der Waals surface area (Å²) in [7, 11) is -3.25. The Morgan fingerprint density at radius 2 is 2.05 bits per heavy atom. The molecule has 1 rings (SSSR count). The second kappa shape index (κ2) is 8.16. The van der Waals surface area contributed by atoms with Crippen molar-refractivity contribution in [3.05, 3.63) is 22.8 Å². The van der Waals surface area contributed by atoms with E-state index in [0.29, 0.717) is 16.4 Å². The van der Waals surface area contributed by atoms with E-state index in [2.05, 4.69) is 20.3 Å². The average Bonchev–Trinajstić information content (AvgIpc) is 2.41. The predicted molar refractivity (Wildman–Crippen MR) is 83.2 cm³/mol. The van der Waals surface area contributed by atoms with Crippen LogP contribution in [0.1, 0.15) is 23.7 Å². The Labute approximate surface area is 129 Å². The van der Waals surface area contributed by atoms with Gasteiger partial charge in [0.05, 0.1) is 16.8 Å². The minimum absolute atomic E-state index is 0.127. The summed E-state index contributed by atoms with van der Waals surface area (Å²) in [5, 5.41) is 5.99. The normalized spacial score (nSPS) is 11.2. The monoisotopic (exact) mass is 334 g/mol. The van der Waals surface area contributed by atoms with Crippen molar-refractivity contribution in [3.63, 3.8) is 0 Å². The lowest BCUT2D eigenvalue weighted by atomic mass is 10.2. The van der Waals surface area contributed by atoms with Crippen molar-refractivity contribution in [2.24, 2.45) is 0 Å². The molecule has 1 heterocycles. The van der Waals surface area contributed by atoms with E-state index in [1.807, 2.05) is 6.92 Å². The van der Waals surface area contributed by atoms with Crippen molar-refractivity contribution >= 4 is 33.3 Å². The lowest BCUT2D eigenvalue weighted by molar-refractivity contribution is 0.0954. The molecule has 0 atom stereocenters. The summed E-state index contributed by atoms with van der Waals surface area (Å²) in [6.07, 6.45) is 3.41. The number of hydrogen-bond donors (Lipinski definition) is 3. The molecule has 0 saturated carbocycles. The van der Waals surface area contributed by atoms with Gasteiger partial charge in [-0.3, -0.25) is 4.79 Å². The molecule has 1 aromatic rings. The van der Waals surface area contributed by atoms with Gasteiger partial charge in [-0.15, -0.1) is 0 Å². The highest BCUT2D eigenvalue weighted by molar-refractivity contribution is 7.88. The maximum absolute atomic E-state index is 11.8. The molecule has 0 fully saturated rings. The number of aromatic nitrogens is 1. The van der Waals surface area contributed by atoms with E-state index in [9.17, 15) is 13.2 Å². The van der Waals surface area contributed by atoms with Crippen molar-refractivity contribution in [3.8, 4) is 0 Å². The number of nitrogens with one attached hydrogen (secondary N) is 3. The summed E-state index contributed by atoms with van der Waals surface area (Å²) >= 11 is 6.03. The number of halogens is 1. The maximum Gasteiger partial charge on any atom is 0.252 e. The van der Waals surface area contributed by atoms with Crippen LogP contribution < -0.4 is 15.4 Å². The molecule has 0 aliphatic rings. The highest BCUT2D eigenvalue weighted by atomic mass is 35.5. The molecule has 0 saturated heterocycles. The summed E-state index contributed by atoms with van der Waals surface area (Å²) < 4.78 is 24.0. The average molecular weight is 335 g/mol. The summed E-state index contributed by atoms with van der Waals surface area (Å²) in [5.41, 5.74) is 0.321. The largest absolute Gasteiger partial charge is 0.369 e. The highest BCUT2D eigenvalue weighted by Gasteiger charge is 2.09. The Balaban J connectivity index is 2.53. The van der Waals surface area contributed by atoms with Crippen LogP contribution in [0.3, 0.4) is 0 Å². The van der Waals surface area contributed by atoms with Crippen molar-refractivity contribution in [1.29, 1.82) is 0 Å². The fraction of sp³-hybridized carbons (Fsp3) is 0.500. The molecule has 21 heavy (non-hydrogen) atoms. The van der Waals surface area contributed by atoms with E-state index in [0.717, 1.165) is 19.2 Å². The highest BCUT2D eigenvalue weighted by Crippen LogP contribution is 2.19. The van der Waals surface area contributed by atoms with Crippen LogP contribution in [0.5, 0.6) is 0 Å².